The smallest absolute Gasteiger partial charge is 0.251 e. The van der Waals surface area contributed by atoms with E-state index in [1.54, 1.807) is 24.3 Å². The predicted octanol–water partition coefficient (Wildman–Crippen LogP) is 1.26. The normalized spacial score (nSPS) is 22.8. The molecule has 6 heteroatoms. The molecular formula is C15H21NO4S. The quantitative estimate of drug-likeness (QED) is 0.877. The van der Waals surface area contributed by atoms with Crippen molar-refractivity contribution >= 4 is 15.7 Å². The van der Waals surface area contributed by atoms with Crippen LogP contribution in [0.1, 0.15) is 41.6 Å². The Bertz CT molecular complexity index is 595. The maximum absolute atomic E-state index is 12.1. The average Bonchev–Trinajstić information content (AvgIpc) is 2.40. The molecule has 1 aliphatic rings. The second kappa shape index (κ2) is 6.58. The Morgan fingerprint density at radius 1 is 1.24 bits per heavy atom. The SMILES string of the molecule is CS(=O)(=O)Cc1ccc(C(=O)N[C@@H]2CCCC[C@H]2O)cc1. The first-order valence-corrected chi connectivity index (χ1v) is 9.17. The van der Waals surface area contributed by atoms with Crippen LogP contribution in [0.3, 0.4) is 0 Å². The van der Waals surface area contributed by atoms with Gasteiger partial charge in [0.05, 0.1) is 17.9 Å². The Morgan fingerprint density at radius 2 is 1.86 bits per heavy atom. The maximum Gasteiger partial charge on any atom is 0.251 e. The Morgan fingerprint density at radius 3 is 2.43 bits per heavy atom. The molecule has 0 saturated heterocycles. The Balaban J connectivity index is 1.99. The van der Waals surface area contributed by atoms with Gasteiger partial charge in [0, 0.05) is 11.8 Å². The van der Waals surface area contributed by atoms with Gasteiger partial charge in [0.15, 0.2) is 9.84 Å². The van der Waals surface area contributed by atoms with Gasteiger partial charge < -0.3 is 10.4 Å². The molecule has 0 heterocycles. The van der Waals surface area contributed by atoms with Gasteiger partial charge in [-0.1, -0.05) is 25.0 Å². The Kier molecular flexibility index (Phi) is 5.00. The van der Waals surface area contributed by atoms with Gasteiger partial charge in [0.1, 0.15) is 0 Å². The summed E-state index contributed by atoms with van der Waals surface area (Å²) in [6.45, 7) is 0. The summed E-state index contributed by atoms with van der Waals surface area (Å²) in [6.07, 6.45) is 4.21. The van der Waals surface area contributed by atoms with Crippen LogP contribution in [0.4, 0.5) is 0 Å². The van der Waals surface area contributed by atoms with E-state index in [2.05, 4.69) is 5.32 Å². The van der Waals surface area contributed by atoms with E-state index >= 15 is 0 Å². The lowest BCUT2D eigenvalue weighted by Crippen LogP contribution is -2.45. The van der Waals surface area contributed by atoms with Crippen molar-refractivity contribution in [3.63, 3.8) is 0 Å². The van der Waals surface area contributed by atoms with Crippen LogP contribution in [-0.2, 0) is 15.6 Å². The monoisotopic (exact) mass is 311 g/mol. The largest absolute Gasteiger partial charge is 0.391 e. The van der Waals surface area contributed by atoms with Gasteiger partial charge >= 0.3 is 0 Å². The van der Waals surface area contributed by atoms with Crippen LogP contribution in [0, 0.1) is 0 Å². The van der Waals surface area contributed by atoms with Gasteiger partial charge in [-0.2, -0.15) is 0 Å². The number of nitrogens with one attached hydrogen (secondary N) is 1. The number of benzene rings is 1. The van der Waals surface area contributed by atoms with Gasteiger partial charge in [-0.05, 0) is 30.5 Å². The molecule has 1 amide bonds. The van der Waals surface area contributed by atoms with Crippen LogP contribution in [0.25, 0.3) is 0 Å². The fourth-order valence-electron chi connectivity index (χ4n) is 2.59. The lowest BCUT2D eigenvalue weighted by Gasteiger charge is -2.28. The highest BCUT2D eigenvalue weighted by molar-refractivity contribution is 7.89. The summed E-state index contributed by atoms with van der Waals surface area (Å²) in [5.74, 6) is -0.261. The van der Waals surface area contributed by atoms with Crippen molar-refractivity contribution in [2.45, 2.75) is 43.6 Å². The molecular weight excluding hydrogens is 290 g/mol. The second-order valence-corrected chi connectivity index (χ2v) is 7.84. The van der Waals surface area contributed by atoms with Gasteiger partial charge in [0.2, 0.25) is 0 Å². The van der Waals surface area contributed by atoms with Crippen LogP contribution >= 0.6 is 0 Å². The third-order valence-corrected chi connectivity index (χ3v) is 4.55. The van der Waals surface area contributed by atoms with E-state index in [9.17, 15) is 18.3 Å². The zero-order chi connectivity index (χ0) is 15.5. The number of carbonyl (C=O) groups excluding carboxylic acids is 1. The number of aliphatic hydroxyl groups excluding tert-OH is 1. The van der Waals surface area contributed by atoms with Crippen molar-refractivity contribution in [1.29, 1.82) is 0 Å². The fraction of sp³-hybridized carbons (Fsp3) is 0.533. The van der Waals surface area contributed by atoms with Gasteiger partial charge in [0.25, 0.3) is 5.91 Å². The number of hydrogen-bond donors (Lipinski definition) is 2. The van der Waals surface area contributed by atoms with Crippen LogP contribution in [0.15, 0.2) is 24.3 Å². The van der Waals surface area contributed by atoms with E-state index in [-0.39, 0.29) is 17.7 Å². The van der Waals surface area contributed by atoms with Gasteiger partial charge in [-0.3, -0.25) is 4.79 Å². The minimum absolute atomic E-state index is 0.0315. The van der Waals surface area contributed by atoms with Crippen molar-refractivity contribution in [2.75, 3.05) is 6.26 Å². The van der Waals surface area contributed by atoms with Crippen molar-refractivity contribution in [3.8, 4) is 0 Å². The number of rotatable bonds is 4. The minimum atomic E-state index is -3.07. The molecule has 0 aromatic heterocycles. The highest BCUT2D eigenvalue weighted by Gasteiger charge is 2.24. The molecule has 0 unspecified atom stereocenters. The molecule has 116 valence electrons. The summed E-state index contributed by atoms with van der Waals surface area (Å²) >= 11 is 0. The van der Waals surface area contributed by atoms with Crippen LogP contribution < -0.4 is 5.32 Å². The summed E-state index contributed by atoms with van der Waals surface area (Å²) in [5.41, 5.74) is 1.14. The third-order valence-electron chi connectivity index (χ3n) is 3.69. The summed E-state index contributed by atoms with van der Waals surface area (Å²) in [7, 11) is -3.07. The average molecular weight is 311 g/mol. The minimum Gasteiger partial charge on any atom is -0.391 e. The third kappa shape index (κ3) is 4.82. The summed E-state index contributed by atoms with van der Waals surface area (Å²) in [4.78, 5) is 12.1. The van der Waals surface area contributed by atoms with E-state index in [0.29, 0.717) is 11.1 Å². The highest BCUT2D eigenvalue weighted by atomic mass is 32.2. The lowest BCUT2D eigenvalue weighted by molar-refractivity contribution is 0.0717. The molecule has 2 rings (SSSR count). The topological polar surface area (TPSA) is 83.5 Å². The Hall–Kier alpha value is -1.40. The number of sulfone groups is 1. The number of amides is 1. The first-order chi connectivity index (χ1) is 9.85. The molecule has 0 spiro atoms. The number of hydrogen-bond acceptors (Lipinski definition) is 4. The standard InChI is InChI=1S/C15H21NO4S/c1-21(19,20)10-11-6-8-12(9-7-11)15(18)16-13-4-2-3-5-14(13)17/h6-9,13-14,17H,2-5,10H2,1H3,(H,16,18)/t13-,14-/m1/s1. The molecule has 2 N–H and O–H groups in total. The van der Waals surface area contributed by atoms with E-state index in [1.807, 2.05) is 0 Å². The zero-order valence-electron chi connectivity index (χ0n) is 12.1. The molecule has 0 aliphatic heterocycles. The Labute approximate surface area is 125 Å². The molecule has 0 radical (unpaired) electrons. The van der Waals surface area contributed by atoms with Crippen LogP contribution in [0.2, 0.25) is 0 Å². The molecule has 1 fully saturated rings. The molecule has 1 saturated carbocycles. The van der Waals surface area contributed by atoms with Crippen LogP contribution in [-0.4, -0.2) is 37.8 Å². The van der Waals surface area contributed by atoms with Gasteiger partial charge in [-0.25, -0.2) is 8.42 Å². The molecule has 2 atom stereocenters. The molecule has 0 bridgehead atoms. The molecule has 1 aromatic rings. The van der Waals surface area contributed by atoms with E-state index in [4.69, 9.17) is 0 Å². The summed E-state index contributed by atoms with van der Waals surface area (Å²) < 4.78 is 22.4. The predicted molar refractivity (Wildman–Crippen MR) is 80.7 cm³/mol. The van der Waals surface area contributed by atoms with Crippen molar-refractivity contribution in [2.24, 2.45) is 0 Å². The maximum atomic E-state index is 12.1. The van der Waals surface area contributed by atoms with Crippen molar-refractivity contribution in [1.82, 2.24) is 5.32 Å². The van der Waals surface area contributed by atoms with E-state index in [0.717, 1.165) is 25.7 Å². The van der Waals surface area contributed by atoms with E-state index < -0.39 is 15.9 Å². The van der Waals surface area contributed by atoms with Crippen molar-refractivity contribution in [3.05, 3.63) is 35.4 Å². The van der Waals surface area contributed by atoms with Crippen LogP contribution in [0.5, 0.6) is 0 Å². The number of carbonyl (C=O) groups is 1. The fourth-order valence-corrected chi connectivity index (χ4v) is 3.38. The molecule has 1 aromatic carbocycles. The summed E-state index contributed by atoms with van der Waals surface area (Å²) in [5, 5.41) is 12.7. The highest BCUT2D eigenvalue weighted by Crippen LogP contribution is 2.19. The molecule has 5 nitrogen and oxygen atoms in total. The first-order valence-electron chi connectivity index (χ1n) is 7.11. The van der Waals surface area contributed by atoms with Crippen molar-refractivity contribution < 1.29 is 18.3 Å². The zero-order valence-corrected chi connectivity index (χ0v) is 12.9. The van der Waals surface area contributed by atoms with Gasteiger partial charge in [-0.15, -0.1) is 0 Å². The molecule has 21 heavy (non-hydrogen) atoms. The summed E-state index contributed by atoms with van der Waals surface area (Å²) in [6, 6.07) is 6.33. The number of aliphatic hydroxyl groups is 1. The lowest BCUT2D eigenvalue weighted by atomic mass is 9.92. The van der Waals surface area contributed by atoms with E-state index in [1.165, 1.54) is 6.26 Å². The first kappa shape index (κ1) is 16.0. The molecule has 1 aliphatic carbocycles. The second-order valence-electron chi connectivity index (χ2n) is 5.70.